The number of nitrogens with zero attached hydrogens (tertiary/aromatic N) is 2. The van der Waals surface area contributed by atoms with Crippen LogP contribution in [0.1, 0.15) is 19.8 Å². The van der Waals surface area contributed by atoms with Crippen molar-refractivity contribution in [2.75, 3.05) is 30.4 Å². The fourth-order valence-corrected chi connectivity index (χ4v) is 3.57. The number of H-pyrrole nitrogens is 1. The summed E-state index contributed by atoms with van der Waals surface area (Å²) in [5.41, 5.74) is 8.58. The van der Waals surface area contributed by atoms with Gasteiger partial charge in [0.15, 0.2) is 0 Å². The number of anilines is 2. The number of hydrogen-bond donors (Lipinski definition) is 3. The van der Waals surface area contributed by atoms with Crippen LogP contribution in [0.3, 0.4) is 0 Å². The third kappa shape index (κ3) is 3.26. The third-order valence-corrected chi connectivity index (χ3v) is 4.96. The zero-order valence-corrected chi connectivity index (χ0v) is 15.4. The number of fused-ring (bicyclic) bond motifs is 1. The predicted molar refractivity (Wildman–Crippen MR) is 98.3 cm³/mol. The molecule has 2 aromatic rings. The molecule has 3 heterocycles. The average Bonchev–Trinajstić information content (AvgIpc) is 2.96. The smallest absolute Gasteiger partial charge is 0.253 e. The molecule has 0 aromatic carbocycles. The number of nitrogens with one attached hydrogen (secondary N) is 2. The number of carbonyl (C=O) groups is 1. The normalized spacial score (nSPS) is 19.5. The number of rotatable bonds is 4. The molecule has 0 saturated carbocycles. The first-order chi connectivity index (χ1) is 11.5. The van der Waals surface area contributed by atoms with Crippen LogP contribution in [0.15, 0.2) is 16.9 Å². The van der Waals surface area contributed by atoms with Gasteiger partial charge in [0.25, 0.3) is 5.91 Å². The van der Waals surface area contributed by atoms with E-state index in [4.69, 9.17) is 10.5 Å². The van der Waals surface area contributed by atoms with Gasteiger partial charge in [-0.05, 0) is 35.7 Å². The van der Waals surface area contributed by atoms with Crippen molar-refractivity contribution >= 4 is 44.2 Å². The summed E-state index contributed by atoms with van der Waals surface area (Å²) in [6, 6.07) is 0.152. The molecule has 130 valence electrons. The Balaban J connectivity index is 2.02. The number of nitrogens with two attached hydrogens (primary N) is 1. The maximum atomic E-state index is 12.2. The van der Waals surface area contributed by atoms with E-state index in [1.165, 1.54) is 7.11 Å². The second-order valence-corrected chi connectivity index (χ2v) is 6.95. The van der Waals surface area contributed by atoms with E-state index in [9.17, 15) is 4.79 Å². The number of ether oxygens (including phenoxy) is 1. The second kappa shape index (κ2) is 7.08. The second-order valence-electron chi connectivity index (χ2n) is 6.10. The summed E-state index contributed by atoms with van der Waals surface area (Å²) in [6.45, 7) is 3.42. The molecule has 1 aliphatic heterocycles. The molecule has 1 saturated heterocycles. The van der Waals surface area contributed by atoms with E-state index < -0.39 is 6.10 Å². The van der Waals surface area contributed by atoms with Crippen molar-refractivity contribution in [1.82, 2.24) is 9.97 Å². The number of pyridine rings is 1. The maximum absolute atomic E-state index is 12.2. The molecule has 0 radical (unpaired) electrons. The lowest BCUT2D eigenvalue weighted by Crippen LogP contribution is -2.43. The Bertz CT molecular complexity index is 747. The summed E-state index contributed by atoms with van der Waals surface area (Å²) >= 11 is 3.60. The molecular weight excluding hydrogens is 374 g/mol. The van der Waals surface area contributed by atoms with E-state index in [2.05, 4.69) is 36.1 Å². The molecule has 4 N–H and O–H groups in total. The molecule has 8 heteroatoms. The Labute approximate surface area is 149 Å². The van der Waals surface area contributed by atoms with Gasteiger partial charge in [-0.25, -0.2) is 4.98 Å². The van der Waals surface area contributed by atoms with E-state index in [1.807, 2.05) is 0 Å². The molecule has 24 heavy (non-hydrogen) atoms. The fourth-order valence-electron chi connectivity index (χ4n) is 3.02. The Morgan fingerprint density at radius 1 is 1.62 bits per heavy atom. The minimum atomic E-state index is -0.526. The zero-order chi connectivity index (χ0) is 17.3. The highest BCUT2D eigenvalue weighted by molar-refractivity contribution is 9.10. The van der Waals surface area contributed by atoms with Crippen molar-refractivity contribution in [2.45, 2.75) is 31.9 Å². The van der Waals surface area contributed by atoms with Gasteiger partial charge in [0, 0.05) is 38.6 Å². The lowest BCUT2D eigenvalue weighted by molar-refractivity contribution is -0.124. The molecule has 2 atom stereocenters. The first-order valence-corrected chi connectivity index (χ1v) is 8.80. The summed E-state index contributed by atoms with van der Waals surface area (Å²) < 4.78 is 5.97. The molecule has 0 unspecified atom stereocenters. The number of halogens is 1. The van der Waals surface area contributed by atoms with E-state index in [1.54, 1.807) is 19.3 Å². The van der Waals surface area contributed by atoms with Gasteiger partial charge in [0.1, 0.15) is 11.8 Å². The van der Waals surface area contributed by atoms with E-state index in [0.717, 1.165) is 47.1 Å². The monoisotopic (exact) mass is 395 g/mol. The first kappa shape index (κ1) is 17.2. The average molecular weight is 396 g/mol. The Hall–Kier alpha value is -1.64. The van der Waals surface area contributed by atoms with Crippen LogP contribution in [-0.4, -0.2) is 48.2 Å². The van der Waals surface area contributed by atoms with Crippen molar-refractivity contribution in [3.8, 4) is 0 Å². The summed E-state index contributed by atoms with van der Waals surface area (Å²) in [4.78, 5) is 22.0. The van der Waals surface area contributed by atoms with Crippen LogP contribution in [0.25, 0.3) is 11.0 Å². The van der Waals surface area contributed by atoms with Gasteiger partial charge in [0.05, 0.1) is 21.2 Å². The van der Waals surface area contributed by atoms with Gasteiger partial charge >= 0.3 is 0 Å². The first-order valence-electron chi connectivity index (χ1n) is 8.01. The number of hydrogen-bond acceptors (Lipinski definition) is 5. The van der Waals surface area contributed by atoms with Crippen molar-refractivity contribution < 1.29 is 9.53 Å². The molecule has 1 aliphatic rings. The van der Waals surface area contributed by atoms with Crippen LogP contribution in [0.4, 0.5) is 11.4 Å². The summed E-state index contributed by atoms with van der Waals surface area (Å²) in [5.74, 6) is -0.195. The van der Waals surface area contributed by atoms with Crippen LogP contribution < -0.4 is 16.0 Å². The molecule has 2 aromatic heterocycles. The minimum absolute atomic E-state index is 0.152. The van der Waals surface area contributed by atoms with Crippen molar-refractivity contribution in [3.63, 3.8) is 0 Å². The molecule has 0 aliphatic carbocycles. The predicted octanol–water partition coefficient (Wildman–Crippen LogP) is 2.23. The number of piperidine rings is 1. The Morgan fingerprint density at radius 3 is 3.12 bits per heavy atom. The van der Waals surface area contributed by atoms with Crippen molar-refractivity contribution in [3.05, 3.63) is 16.9 Å². The molecule has 1 amide bonds. The molecule has 0 spiro atoms. The number of methoxy groups -OCH3 is 1. The van der Waals surface area contributed by atoms with Crippen LogP contribution >= 0.6 is 15.9 Å². The van der Waals surface area contributed by atoms with Gasteiger partial charge in [-0.1, -0.05) is 0 Å². The lowest BCUT2D eigenvalue weighted by Gasteiger charge is -2.33. The maximum Gasteiger partial charge on any atom is 0.253 e. The summed E-state index contributed by atoms with van der Waals surface area (Å²) in [7, 11) is 1.51. The van der Waals surface area contributed by atoms with Gasteiger partial charge < -0.3 is 25.7 Å². The SMILES string of the molecule is CO[C@@H](C)C(=O)Nc1c[nH]c2ncc(Br)c(N3CCC[C@@H](N)C3)c12. The fraction of sp³-hybridized carbons (Fsp3) is 0.500. The minimum Gasteiger partial charge on any atom is -0.372 e. The molecule has 1 fully saturated rings. The summed E-state index contributed by atoms with van der Waals surface area (Å²) in [6.07, 6.45) is 5.09. The number of aromatic nitrogens is 2. The number of carbonyl (C=O) groups excluding carboxylic acids is 1. The van der Waals surface area contributed by atoms with Crippen LogP contribution in [0, 0.1) is 0 Å². The highest BCUT2D eigenvalue weighted by Gasteiger charge is 2.24. The van der Waals surface area contributed by atoms with Crippen LogP contribution in [0.5, 0.6) is 0 Å². The molecule has 0 bridgehead atoms. The van der Waals surface area contributed by atoms with Gasteiger partial charge in [-0.15, -0.1) is 0 Å². The quantitative estimate of drug-likeness (QED) is 0.737. The number of amides is 1. The van der Waals surface area contributed by atoms with E-state index in [-0.39, 0.29) is 11.9 Å². The van der Waals surface area contributed by atoms with Crippen LogP contribution in [0.2, 0.25) is 0 Å². The van der Waals surface area contributed by atoms with E-state index >= 15 is 0 Å². The Morgan fingerprint density at radius 2 is 2.42 bits per heavy atom. The van der Waals surface area contributed by atoms with Crippen molar-refractivity contribution in [1.29, 1.82) is 0 Å². The van der Waals surface area contributed by atoms with Crippen molar-refractivity contribution in [2.24, 2.45) is 5.73 Å². The van der Waals surface area contributed by atoms with Gasteiger partial charge in [-0.3, -0.25) is 4.79 Å². The third-order valence-electron chi connectivity index (χ3n) is 4.38. The zero-order valence-electron chi connectivity index (χ0n) is 13.8. The Kier molecular flexibility index (Phi) is 5.07. The molecular formula is C16H22BrN5O2. The van der Waals surface area contributed by atoms with Gasteiger partial charge in [0.2, 0.25) is 0 Å². The lowest BCUT2D eigenvalue weighted by atomic mass is 10.1. The number of aromatic amines is 1. The van der Waals surface area contributed by atoms with E-state index in [0.29, 0.717) is 5.69 Å². The van der Waals surface area contributed by atoms with Gasteiger partial charge in [-0.2, -0.15) is 0 Å². The molecule has 3 rings (SSSR count). The topological polar surface area (TPSA) is 96.3 Å². The molecule has 7 nitrogen and oxygen atoms in total. The largest absolute Gasteiger partial charge is 0.372 e. The van der Waals surface area contributed by atoms with Crippen LogP contribution in [-0.2, 0) is 9.53 Å². The highest BCUT2D eigenvalue weighted by Crippen LogP contribution is 2.38. The summed E-state index contributed by atoms with van der Waals surface area (Å²) in [5, 5.41) is 3.80. The standard InChI is InChI=1S/C16H22BrN5O2/c1-9(24-2)16(23)21-12-7-20-15-13(12)14(11(17)6-19-15)22-5-3-4-10(18)8-22/h6-7,9-10H,3-5,8,18H2,1-2H3,(H,19,20)(H,21,23)/t9-,10+/m0/s1. The highest BCUT2D eigenvalue weighted by atomic mass is 79.9.